The lowest BCUT2D eigenvalue weighted by atomic mass is 10.3. The highest BCUT2D eigenvalue weighted by Gasteiger charge is 1.93. The minimum Gasteiger partial charge on any atom is -0.750 e. The van der Waals surface area contributed by atoms with Crippen molar-refractivity contribution in [3.05, 3.63) is 30.6 Å². The molecule has 1 aromatic heterocycles. The zero-order valence-electron chi connectivity index (χ0n) is 8.13. The zero-order valence-corrected chi connectivity index (χ0v) is 9.02. The van der Waals surface area contributed by atoms with Crippen LogP contribution in [0.5, 0.6) is 0 Å². The van der Waals surface area contributed by atoms with E-state index in [1.807, 2.05) is 6.07 Å². The number of unbranched alkanes of at least 4 members (excludes halogenated alkanes) is 1. The number of aryl methyl sites for hydroxylation is 1. The summed E-state index contributed by atoms with van der Waals surface area (Å²) in [5.74, 6) is 0. The van der Waals surface area contributed by atoms with Crippen LogP contribution >= 0.6 is 0 Å². The van der Waals surface area contributed by atoms with E-state index in [-0.39, 0.29) is 0 Å². The largest absolute Gasteiger partial charge is 0.750 e. The number of hydrogen-bond acceptors (Lipinski definition) is 3. The molecule has 5 heteroatoms. The highest BCUT2D eigenvalue weighted by molar-refractivity contribution is 7.66. The molecular formula is C9H15NO3S. The average Bonchev–Trinajstić information content (AvgIpc) is 2.15. The molecule has 0 aliphatic carbocycles. The van der Waals surface area contributed by atoms with Crippen LogP contribution in [0.3, 0.4) is 0 Å². The quantitative estimate of drug-likeness (QED) is 0.455. The molecule has 0 radical (unpaired) electrons. The Morgan fingerprint density at radius 2 is 1.71 bits per heavy atom. The SMILES string of the molecule is CCCC[n+]1ccccc1.O=[SH](=O)[O-]. The summed E-state index contributed by atoms with van der Waals surface area (Å²) in [6, 6.07) is 6.17. The third kappa shape index (κ3) is 9.15. The fourth-order valence-electron chi connectivity index (χ4n) is 0.924. The van der Waals surface area contributed by atoms with Gasteiger partial charge in [-0.3, -0.25) is 0 Å². The third-order valence-electron chi connectivity index (χ3n) is 1.55. The smallest absolute Gasteiger partial charge is 0.168 e. The van der Waals surface area contributed by atoms with E-state index in [0.717, 1.165) is 6.54 Å². The van der Waals surface area contributed by atoms with Crippen molar-refractivity contribution in [2.24, 2.45) is 0 Å². The van der Waals surface area contributed by atoms with E-state index in [0.29, 0.717) is 0 Å². The molecule has 0 unspecified atom stereocenters. The summed E-state index contributed by atoms with van der Waals surface area (Å²) >= 11 is 0. The summed E-state index contributed by atoms with van der Waals surface area (Å²) in [5, 5.41) is 0. The van der Waals surface area contributed by atoms with Crippen LogP contribution in [-0.4, -0.2) is 13.0 Å². The van der Waals surface area contributed by atoms with Crippen LogP contribution in [0.25, 0.3) is 0 Å². The third-order valence-corrected chi connectivity index (χ3v) is 1.55. The fraction of sp³-hybridized carbons (Fsp3) is 0.444. The first-order valence-electron chi connectivity index (χ1n) is 4.42. The Morgan fingerprint density at radius 1 is 1.21 bits per heavy atom. The number of rotatable bonds is 3. The van der Waals surface area contributed by atoms with Gasteiger partial charge >= 0.3 is 0 Å². The van der Waals surface area contributed by atoms with Crippen molar-refractivity contribution in [2.45, 2.75) is 26.3 Å². The molecule has 1 aromatic rings. The highest BCUT2D eigenvalue weighted by Crippen LogP contribution is 1.85. The van der Waals surface area contributed by atoms with Gasteiger partial charge in [-0.05, 0) is 0 Å². The van der Waals surface area contributed by atoms with Crippen molar-refractivity contribution in [2.75, 3.05) is 0 Å². The predicted molar refractivity (Wildman–Crippen MR) is 52.6 cm³/mol. The van der Waals surface area contributed by atoms with Gasteiger partial charge in [0.25, 0.3) is 0 Å². The molecule has 1 heterocycles. The number of thiol groups is 1. The van der Waals surface area contributed by atoms with Crippen LogP contribution in [-0.2, 0) is 17.5 Å². The van der Waals surface area contributed by atoms with Crippen LogP contribution in [0.1, 0.15) is 19.8 Å². The van der Waals surface area contributed by atoms with Crippen molar-refractivity contribution in [1.29, 1.82) is 0 Å². The molecule has 4 nitrogen and oxygen atoms in total. The molecule has 0 bridgehead atoms. The lowest BCUT2D eigenvalue weighted by Crippen LogP contribution is -2.31. The van der Waals surface area contributed by atoms with Gasteiger partial charge in [0.05, 0.1) is 11.0 Å². The van der Waals surface area contributed by atoms with Crippen LogP contribution in [0.4, 0.5) is 0 Å². The Balaban J connectivity index is 0.000000364. The topological polar surface area (TPSA) is 61.1 Å². The van der Waals surface area contributed by atoms with Crippen LogP contribution in [0, 0.1) is 0 Å². The molecule has 0 saturated heterocycles. The molecule has 0 N–H and O–H groups in total. The van der Waals surface area contributed by atoms with Crippen molar-refractivity contribution < 1.29 is 17.5 Å². The molecule has 1 rings (SSSR count). The average molecular weight is 217 g/mol. The van der Waals surface area contributed by atoms with Gasteiger partial charge in [-0.15, -0.1) is 0 Å². The Bertz CT molecular complexity index is 290. The molecule has 80 valence electrons. The standard InChI is InChI=1S/C9H14N.H2O3S/c1-2-3-7-10-8-5-4-6-9-10;1-4(2)3/h4-6,8-9H,2-3,7H2,1H3;4H,(H,1,2,3)/q+1;/p-1. The molecular weight excluding hydrogens is 202 g/mol. The molecule has 0 amide bonds. The van der Waals surface area contributed by atoms with Crippen molar-refractivity contribution in [1.82, 2.24) is 0 Å². The van der Waals surface area contributed by atoms with Gasteiger partial charge in [0.15, 0.2) is 12.4 Å². The monoisotopic (exact) mass is 217 g/mol. The second-order valence-electron chi connectivity index (χ2n) is 2.69. The van der Waals surface area contributed by atoms with Gasteiger partial charge in [-0.25, -0.2) is 13.0 Å². The number of pyridine rings is 1. The lowest BCUT2D eigenvalue weighted by molar-refractivity contribution is -0.697. The summed E-state index contributed by atoms with van der Waals surface area (Å²) in [5.41, 5.74) is 0. The van der Waals surface area contributed by atoms with E-state index in [9.17, 15) is 0 Å². The van der Waals surface area contributed by atoms with Gasteiger partial charge in [0, 0.05) is 18.6 Å². The first kappa shape index (κ1) is 13.1. The molecule has 0 spiro atoms. The van der Waals surface area contributed by atoms with Crippen molar-refractivity contribution in [3.8, 4) is 0 Å². The van der Waals surface area contributed by atoms with Gasteiger partial charge in [-0.1, -0.05) is 19.4 Å². The Hall–Kier alpha value is -0.940. The van der Waals surface area contributed by atoms with Crippen LogP contribution in [0.15, 0.2) is 30.6 Å². The minimum atomic E-state index is -3.37. The maximum absolute atomic E-state index is 8.48. The number of aromatic nitrogens is 1. The van der Waals surface area contributed by atoms with E-state index in [1.165, 1.54) is 12.8 Å². The van der Waals surface area contributed by atoms with Gasteiger partial charge in [-0.2, -0.15) is 0 Å². The summed E-state index contributed by atoms with van der Waals surface area (Å²) in [6.45, 7) is 3.36. The van der Waals surface area contributed by atoms with Gasteiger partial charge in [0.1, 0.15) is 6.54 Å². The minimum absolute atomic E-state index is 1.15. The molecule has 14 heavy (non-hydrogen) atoms. The normalized spacial score (nSPS) is 9.36. The maximum Gasteiger partial charge on any atom is 0.168 e. The van der Waals surface area contributed by atoms with E-state index >= 15 is 0 Å². The Morgan fingerprint density at radius 3 is 2.14 bits per heavy atom. The predicted octanol–water partition coefficient (Wildman–Crippen LogP) is 0.502. The fourth-order valence-corrected chi connectivity index (χ4v) is 0.924. The van der Waals surface area contributed by atoms with Crippen LogP contribution < -0.4 is 4.57 Å². The lowest BCUT2D eigenvalue weighted by Gasteiger charge is -1.91. The van der Waals surface area contributed by atoms with Gasteiger partial charge in [0.2, 0.25) is 0 Å². The Labute approximate surface area is 86.0 Å². The second kappa shape index (κ2) is 8.65. The molecule has 0 saturated carbocycles. The number of hydrogen-bond donors (Lipinski definition) is 1. The zero-order chi connectivity index (χ0) is 10.8. The van der Waals surface area contributed by atoms with E-state index < -0.39 is 11.0 Å². The highest BCUT2D eigenvalue weighted by atomic mass is 32.2. The first-order valence-corrected chi connectivity index (χ1v) is 5.52. The van der Waals surface area contributed by atoms with Crippen LogP contribution in [0.2, 0.25) is 0 Å². The van der Waals surface area contributed by atoms with Crippen molar-refractivity contribution in [3.63, 3.8) is 0 Å². The Kier molecular flexibility index (Phi) is 8.07. The molecule has 0 aliphatic rings. The molecule has 0 fully saturated rings. The molecule has 0 atom stereocenters. The van der Waals surface area contributed by atoms with Crippen molar-refractivity contribution >= 4 is 11.0 Å². The maximum atomic E-state index is 8.48. The van der Waals surface area contributed by atoms with Gasteiger partial charge < -0.3 is 4.55 Å². The molecule has 0 aromatic carbocycles. The van der Waals surface area contributed by atoms with E-state index in [4.69, 9.17) is 13.0 Å². The summed E-state index contributed by atoms with van der Waals surface area (Å²) in [7, 11) is -3.37. The summed E-state index contributed by atoms with van der Waals surface area (Å²) in [4.78, 5) is 0. The first-order chi connectivity index (χ1) is 6.66. The molecule has 0 aliphatic heterocycles. The van der Waals surface area contributed by atoms with E-state index in [1.54, 1.807) is 0 Å². The summed E-state index contributed by atoms with van der Waals surface area (Å²) in [6.07, 6.45) is 6.75. The second-order valence-corrected chi connectivity index (χ2v) is 3.14. The van der Waals surface area contributed by atoms with E-state index in [2.05, 4.69) is 36.0 Å². The summed E-state index contributed by atoms with van der Waals surface area (Å²) < 4.78 is 27.7. The number of nitrogens with zero attached hydrogens (tertiary/aromatic N) is 1.